The number of hydrogen-bond acceptors (Lipinski definition) is 6. The van der Waals surface area contributed by atoms with Crippen molar-refractivity contribution < 1.29 is 14.3 Å². The lowest BCUT2D eigenvalue weighted by molar-refractivity contribution is 0.0520. The van der Waals surface area contributed by atoms with Crippen LogP contribution in [-0.4, -0.2) is 44.2 Å². The zero-order chi connectivity index (χ0) is 13.1. The Kier molecular flexibility index (Phi) is 3.77. The van der Waals surface area contributed by atoms with E-state index < -0.39 is 17.5 Å². The van der Waals surface area contributed by atoms with Gasteiger partial charge in [0.25, 0.3) is 0 Å². The Bertz CT molecular complexity index is 421. The molecule has 1 aromatic rings. The van der Waals surface area contributed by atoms with Crippen molar-refractivity contribution in [1.82, 2.24) is 25.5 Å². The van der Waals surface area contributed by atoms with Crippen molar-refractivity contribution in [2.75, 3.05) is 6.54 Å². The molecule has 0 aliphatic carbocycles. The molecule has 0 spiro atoms. The second-order valence-electron chi connectivity index (χ2n) is 4.38. The van der Waals surface area contributed by atoms with Crippen LogP contribution in [-0.2, 0) is 11.8 Å². The van der Waals surface area contributed by atoms with Crippen LogP contribution >= 0.6 is 0 Å². The zero-order valence-corrected chi connectivity index (χ0v) is 10.2. The summed E-state index contributed by atoms with van der Waals surface area (Å²) in [6.07, 6.45) is -0.658. The molecule has 0 saturated heterocycles. The molecule has 1 amide bonds. The summed E-state index contributed by atoms with van der Waals surface area (Å²) in [6.45, 7) is 4.98. The summed E-state index contributed by atoms with van der Waals surface area (Å²) in [6, 6.07) is 0. The van der Waals surface area contributed by atoms with Crippen molar-refractivity contribution in [3.63, 3.8) is 0 Å². The maximum Gasteiger partial charge on any atom is 0.408 e. The number of carbonyl (C=O) groups is 2. The minimum Gasteiger partial charge on any atom is -0.444 e. The molecule has 0 unspecified atom stereocenters. The first kappa shape index (κ1) is 13.1. The molecule has 0 fully saturated rings. The van der Waals surface area contributed by atoms with E-state index in [2.05, 4.69) is 20.7 Å². The van der Waals surface area contributed by atoms with Crippen LogP contribution < -0.4 is 5.32 Å². The maximum absolute atomic E-state index is 11.5. The van der Waals surface area contributed by atoms with Gasteiger partial charge in [-0.25, -0.2) is 4.79 Å². The van der Waals surface area contributed by atoms with Crippen molar-refractivity contribution in [2.45, 2.75) is 26.4 Å². The molecule has 0 saturated carbocycles. The van der Waals surface area contributed by atoms with Gasteiger partial charge in [-0.1, -0.05) is 0 Å². The first-order valence-electron chi connectivity index (χ1n) is 5.02. The Labute approximate surface area is 98.3 Å². The standard InChI is InChI=1S/C9H15N5O3/c1-9(2,3)17-8(16)10-5-6(15)7-11-13-14(4)12-7/h5H2,1-4H3,(H,10,16). The first-order chi connectivity index (χ1) is 7.78. The fraction of sp³-hybridized carbons (Fsp3) is 0.667. The maximum atomic E-state index is 11.5. The highest BCUT2D eigenvalue weighted by atomic mass is 16.6. The van der Waals surface area contributed by atoms with Crippen LogP contribution in [0.5, 0.6) is 0 Å². The molecule has 0 radical (unpaired) electrons. The lowest BCUT2D eigenvalue weighted by Gasteiger charge is -2.19. The third-order valence-corrected chi connectivity index (χ3v) is 1.55. The van der Waals surface area contributed by atoms with Gasteiger partial charge in [0.2, 0.25) is 11.6 Å². The minimum atomic E-state index is -0.658. The first-order valence-corrected chi connectivity index (χ1v) is 5.02. The van der Waals surface area contributed by atoms with E-state index in [1.54, 1.807) is 27.8 Å². The van der Waals surface area contributed by atoms with Crippen molar-refractivity contribution in [3.05, 3.63) is 5.82 Å². The van der Waals surface area contributed by atoms with E-state index in [4.69, 9.17) is 4.74 Å². The van der Waals surface area contributed by atoms with Crippen molar-refractivity contribution in [1.29, 1.82) is 0 Å². The number of ketones is 1. The Morgan fingerprint density at radius 2 is 2.06 bits per heavy atom. The molecule has 1 rings (SSSR count). The van der Waals surface area contributed by atoms with Crippen LogP contribution in [0.4, 0.5) is 4.79 Å². The predicted octanol–water partition coefficient (Wildman–Crippen LogP) is -0.0825. The number of carbonyl (C=O) groups excluding carboxylic acids is 2. The number of rotatable bonds is 3. The number of aryl methyl sites for hydroxylation is 1. The monoisotopic (exact) mass is 241 g/mol. The number of nitrogens with zero attached hydrogens (tertiary/aromatic N) is 4. The van der Waals surface area contributed by atoms with Crippen LogP contribution in [0.2, 0.25) is 0 Å². The Morgan fingerprint density at radius 3 is 2.53 bits per heavy atom. The Balaban J connectivity index is 2.41. The van der Waals surface area contributed by atoms with Gasteiger partial charge in [-0.15, -0.1) is 10.2 Å². The molecule has 1 heterocycles. The fourth-order valence-electron chi connectivity index (χ4n) is 0.941. The molecule has 0 aromatic carbocycles. The van der Waals surface area contributed by atoms with Gasteiger partial charge in [-0.05, 0) is 26.0 Å². The van der Waals surface area contributed by atoms with Gasteiger partial charge < -0.3 is 10.1 Å². The summed E-state index contributed by atoms with van der Waals surface area (Å²) < 4.78 is 4.97. The largest absolute Gasteiger partial charge is 0.444 e. The molecule has 1 N–H and O–H groups in total. The second-order valence-corrected chi connectivity index (χ2v) is 4.38. The van der Waals surface area contributed by atoms with Gasteiger partial charge in [0.15, 0.2) is 0 Å². The minimum absolute atomic E-state index is 0.0384. The van der Waals surface area contributed by atoms with Crippen molar-refractivity contribution in [2.24, 2.45) is 7.05 Å². The Morgan fingerprint density at radius 1 is 1.41 bits per heavy atom. The molecule has 1 aromatic heterocycles. The average Bonchev–Trinajstić information content (AvgIpc) is 2.58. The number of aromatic nitrogens is 4. The van der Waals surface area contributed by atoms with Crippen LogP contribution in [0.3, 0.4) is 0 Å². The summed E-state index contributed by atoms with van der Waals surface area (Å²) in [7, 11) is 1.55. The predicted molar refractivity (Wildman–Crippen MR) is 57.4 cm³/mol. The number of amides is 1. The summed E-state index contributed by atoms with van der Waals surface area (Å²) in [5, 5.41) is 13.1. The van der Waals surface area contributed by atoms with E-state index in [-0.39, 0.29) is 12.4 Å². The van der Waals surface area contributed by atoms with E-state index in [1.807, 2.05) is 0 Å². The van der Waals surface area contributed by atoms with E-state index in [1.165, 1.54) is 4.80 Å². The molecule has 94 valence electrons. The van der Waals surface area contributed by atoms with Crippen molar-refractivity contribution >= 4 is 11.9 Å². The topological polar surface area (TPSA) is 99.0 Å². The van der Waals surface area contributed by atoms with E-state index in [9.17, 15) is 9.59 Å². The highest BCUT2D eigenvalue weighted by Gasteiger charge is 2.18. The van der Waals surface area contributed by atoms with Crippen LogP contribution in [0.25, 0.3) is 0 Å². The van der Waals surface area contributed by atoms with Gasteiger partial charge in [-0.3, -0.25) is 4.79 Å². The lowest BCUT2D eigenvalue weighted by Crippen LogP contribution is -2.35. The summed E-state index contributed by atoms with van der Waals surface area (Å²) in [4.78, 5) is 23.9. The highest BCUT2D eigenvalue weighted by Crippen LogP contribution is 2.06. The number of alkyl carbamates (subject to hydrolysis) is 1. The molecule has 0 aliphatic rings. The summed E-state index contributed by atoms with van der Waals surface area (Å²) >= 11 is 0. The third kappa shape index (κ3) is 4.58. The molecule has 0 bridgehead atoms. The summed E-state index contributed by atoms with van der Waals surface area (Å²) in [5.41, 5.74) is -0.599. The number of tetrazole rings is 1. The SMILES string of the molecule is Cn1nnc(C(=O)CNC(=O)OC(C)(C)C)n1. The normalized spacial score (nSPS) is 11.1. The summed E-state index contributed by atoms with van der Waals surface area (Å²) in [5.74, 6) is -0.465. The van der Waals surface area contributed by atoms with Crippen LogP contribution in [0.15, 0.2) is 0 Å². The highest BCUT2D eigenvalue weighted by molar-refractivity contribution is 5.95. The molecule has 8 heteroatoms. The van der Waals surface area contributed by atoms with Gasteiger partial charge in [-0.2, -0.15) is 4.80 Å². The van der Waals surface area contributed by atoms with Crippen LogP contribution in [0, 0.1) is 0 Å². The Hall–Kier alpha value is -1.99. The fourth-order valence-corrected chi connectivity index (χ4v) is 0.941. The second kappa shape index (κ2) is 4.89. The van der Waals surface area contributed by atoms with Gasteiger partial charge in [0.05, 0.1) is 13.6 Å². The molecule has 0 atom stereocenters. The van der Waals surface area contributed by atoms with E-state index >= 15 is 0 Å². The van der Waals surface area contributed by atoms with Gasteiger partial charge in [0, 0.05) is 0 Å². The number of Topliss-reactive ketones (excluding diaryl/α,β-unsaturated/α-hetero) is 1. The average molecular weight is 241 g/mol. The molecule has 17 heavy (non-hydrogen) atoms. The van der Waals surface area contributed by atoms with Gasteiger partial charge >= 0.3 is 6.09 Å². The van der Waals surface area contributed by atoms with Crippen molar-refractivity contribution in [3.8, 4) is 0 Å². The number of nitrogens with one attached hydrogen (secondary N) is 1. The zero-order valence-electron chi connectivity index (χ0n) is 10.2. The van der Waals surface area contributed by atoms with Crippen LogP contribution in [0.1, 0.15) is 31.4 Å². The molecular formula is C9H15N5O3. The number of hydrogen-bond donors (Lipinski definition) is 1. The third-order valence-electron chi connectivity index (χ3n) is 1.55. The van der Waals surface area contributed by atoms with E-state index in [0.29, 0.717) is 0 Å². The number of ether oxygens (including phenoxy) is 1. The van der Waals surface area contributed by atoms with E-state index in [0.717, 1.165) is 0 Å². The van der Waals surface area contributed by atoms with Gasteiger partial charge in [0.1, 0.15) is 5.60 Å². The molecule has 8 nitrogen and oxygen atoms in total. The molecular weight excluding hydrogens is 226 g/mol. The lowest BCUT2D eigenvalue weighted by atomic mass is 10.2. The quantitative estimate of drug-likeness (QED) is 0.743. The molecule has 0 aliphatic heterocycles. The smallest absolute Gasteiger partial charge is 0.408 e.